The van der Waals surface area contributed by atoms with Crippen molar-refractivity contribution in [3.63, 3.8) is 0 Å². The molecule has 0 radical (unpaired) electrons. The summed E-state index contributed by atoms with van der Waals surface area (Å²) in [5, 5.41) is 24.2. The molecule has 1 aliphatic carbocycles. The van der Waals surface area contributed by atoms with E-state index >= 15 is 0 Å². The van der Waals surface area contributed by atoms with Gasteiger partial charge in [-0.3, -0.25) is 9.36 Å². The fraction of sp³-hybridized carbons (Fsp3) is 0.333. The van der Waals surface area contributed by atoms with Gasteiger partial charge in [-0.1, -0.05) is 0 Å². The van der Waals surface area contributed by atoms with Gasteiger partial charge in [0.05, 0.1) is 12.4 Å². The van der Waals surface area contributed by atoms with Crippen LogP contribution in [0.4, 0.5) is 0 Å². The summed E-state index contributed by atoms with van der Waals surface area (Å²) in [4.78, 5) is 24.6. The number of nitrogens with zero attached hydrogens (tertiary/aromatic N) is 2. The van der Waals surface area contributed by atoms with E-state index in [1.807, 2.05) is 25.4 Å². The van der Waals surface area contributed by atoms with E-state index in [4.69, 9.17) is 0 Å². The summed E-state index contributed by atoms with van der Waals surface area (Å²) in [5.41, 5.74) is 2.98. The maximum absolute atomic E-state index is 12.9. The minimum Gasteiger partial charge on any atom is -0.506 e. The molecule has 0 bridgehead atoms. The number of aromatic hydroxyl groups is 1. The van der Waals surface area contributed by atoms with Gasteiger partial charge in [0.1, 0.15) is 5.75 Å². The largest absolute Gasteiger partial charge is 0.506 e. The molecule has 0 fully saturated rings. The highest BCUT2D eigenvalue weighted by atomic mass is 16.4. The number of nitrogens with one attached hydrogen (secondary N) is 1. The van der Waals surface area contributed by atoms with Crippen LogP contribution in [0.25, 0.3) is 22.2 Å². The summed E-state index contributed by atoms with van der Waals surface area (Å²) < 4.78 is 3.50. The maximum Gasteiger partial charge on any atom is 0.345 e. The number of carboxylic acids is 1. The highest BCUT2D eigenvalue weighted by Crippen LogP contribution is 2.38. The standard InChI is InChI=1S/C21H23N3O4/c1-22-11-24-18-14(19(25)17(20(24)26)21(27)28)6-4-3-5-12-10-16-13(9-15(12)18)7-8-23(16)2/h7-10,22,25H,3-6,11H2,1-2H3,(H,27,28). The third-order valence-electron chi connectivity index (χ3n) is 5.56. The van der Waals surface area contributed by atoms with Crippen LogP contribution in [-0.4, -0.2) is 32.4 Å². The topological polar surface area (TPSA) is 96.5 Å². The van der Waals surface area contributed by atoms with Crippen LogP contribution in [0.2, 0.25) is 0 Å². The van der Waals surface area contributed by atoms with Crippen LogP contribution < -0.4 is 10.9 Å². The molecule has 146 valence electrons. The molecule has 3 aromatic rings. The Morgan fingerprint density at radius 2 is 2.00 bits per heavy atom. The van der Waals surface area contributed by atoms with E-state index in [1.165, 1.54) is 4.57 Å². The van der Waals surface area contributed by atoms with E-state index in [-0.39, 0.29) is 6.67 Å². The Morgan fingerprint density at radius 1 is 1.25 bits per heavy atom. The smallest absolute Gasteiger partial charge is 0.345 e. The lowest BCUT2D eigenvalue weighted by atomic mass is 9.88. The third-order valence-corrected chi connectivity index (χ3v) is 5.56. The zero-order valence-electron chi connectivity index (χ0n) is 16.0. The highest BCUT2D eigenvalue weighted by Gasteiger charge is 2.28. The third kappa shape index (κ3) is 2.70. The lowest BCUT2D eigenvalue weighted by Crippen LogP contribution is -2.33. The van der Waals surface area contributed by atoms with Crippen molar-refractivity contribution >= 4 is 16.9 Å². The first-order valence-corrected chi connectivity index (χ1v) is 9.39. The number of hydrogen-bond donors (Lipinski definition) is 3. The van der Waals surface area contributed by atoms with Gasteiger partial charge in [-0.2, -0.15) is 0 Å². The number of rotatable bonds is 3. The van der Waals surface area contributed by atoms with Gasteiger partial charge >= 0.3 is 5.97 Å². The lowest BCUT2D eigenvalue weighted by Gasteiger charge is -2.24. The Bertz CT molecular complexity index is 1160. The molecule has 2 heterocycles. The number of aryl methyl sites for hydroxylation is 2. The molecule has 0 amide bonds. The highest BCUT2D eigenvalue weighted by molar-refractivity contribution is 5.93. The predicted octanol–water partition coefficient (Wildman–Crippen LogP) is 2.47. The predicted molar refractivity (Wildman–Crippen MR) is 107 cm³/mol. The SMILES string of the molecule is CNCn1c2c(c(O)c(C(=O)O)c1=O)CCCCc1cc3c(ccn3C)cc1-2. The Labute approximate surface area is 161 Å². The first kappa shape index (κ1) is 18.3. The monoisotopic (exact) mass is 381 g/mol. The number of benzene rings is 1. The zero-order chi connectivity index (χ0) is 20.0. The van der Waals surface area contributed by atoms with Gasteiger partial charge in [0.15, 0.2) is 5.56 Å². The van der Waals surface area contributed by atoms with Crippen molar-refractivity contribution in [2.45, 2.75) is 32.4 Å². The van der Waals surface area contributed by atoms with Crippen molar-refractivity contribution in [1.82, 2.24) is 14.5 Å². The van der Waals surface area contributed by atoms with E-state index in [0.717, 1.165) is 41.3 Å². The first-order valence-electron chi connectivity index (χ1n) is 9.39. The summed E-state index contributed by atoms with van der Waals surface area (Å²) in [6.45, 7) is 0.161. The summed E-state index contributed by atoms with van der Waals surface area (Å²) in [5.74, 6) is -1.81. The van der Waals surface area contributed by atoms with Gasteiger partial charge in [0.2, 0.25) is 0 Å². The molecular formula is C21H23N3O4. The molecule has 1 aromatic carbocycles. The minimum absolute atomic E-state index is 0.161. The maximum atomic E-state index is 12.9. The zero-order valence-corrected chi connectivity index (χ0v) is 16.0. The molecule has 2 aromatic heterocycles. The number of carboxylic acid groups (broad SMARTS) is 1. The molecule has 7 nitrogen and oxygen atoms in total. The molecule has 0 saturated heterocycles. The second-order valence-corrected chi connectivity index (χ2v) is 7.30. The van der Waals surface area contributed by atoms with Crippen LogP contribution in [-0.2, 0) is 26.6 Å². The van der Waals surface area contributed by atoms with Crippen molar-refractivity contribution < 1.29 is 15.0 Å². The molecule has 0 saturated carbocycles. The minimum atomic E-state index is -1.41. The van der Waals surface area contributed by atoms with Gasteiger partial charge < -0.3 is 20.1 Å². The number of carbonyl (C=O) groups is 1. The van der Waals surface area contributed by atoms with E-state index in [2.05, 4.69) is 16.0 Å². The van der Waals surface area contributed by atoms with Gasteiger partial charge in [-0.15, -0.1) is 0 Å². The average Bonchev–Trinajstić information content (AvgIpc) is 2.99. The Balaban J connectivity index is 2.14. The lowest BCUT2D eigenvalue weighted by molar-refractivity contribution is 0.0690. The molecule has 0 spiro atoms. The molecule has 3 N–H and O–H groups in total. The molecule has 28 heavy (non-hydrogen) atoms. The number of aromatic carboxylic acids is 1. The Morgan fingerprint density at radius 3 is 2.71 bits per heavy atom. The van der Waals surface area contributed by atoms with E-state index in [9.17, 15) is 19.8 Å². The van der Waals surface area contributed by atoms with Crippen molar-refractivity contribution in [3.8, 4) is 17.0 Å². The van der Waals surface area contributed by atoms with Gasteiger partial charge in [-0.25, -0.2) is 4.79 Å². The molecule has 0 aliphatic heterocycles. The van der Waals surface area contributed by atoms with Gasteiger partial charge in [0, 0.05) is 35.3 Å². The number of pyridine rings is 1. The van der Waals surface area contributed by atoms with Crippen LogP contribution in [0.3, 0.4) is 0 Å². The van der Waals surface area contributed by atoms with Gasteiger partial charge in [-0.05, 0) is 56.5 Å². The molecule has 7 heteroatoms. The molecule has 0 unspecified atom stereocenters. The fourth-order valence-electron chi connectivity index (χ4n) is 4.21. The van der Waals surface area contributed by atoms with Crippen LogP contribution in [0.1, 0.15) is 34.3 Å². The van der Waals surface area contributed by atoms with E-state index < -0.39 is 22.8 Å². The molecule has 1 aliphatic rings. The summed E-state index contributed by atoms with van der Waals surface area (Å²) in [6, 6.07) is 6.19. The fourth-order valence-corrected chi connectivity index (χ4v) is 4.21. The average molecular weight is 381 g/mol. The summed E-state index contributed by atoms with van der Waals surface area (Å²) >= 11 is 0. The van der Waals surface area contributed by atoms with Crippen LogP contribution >= 0.6 is 0 Å². The van der Waals surface area contributed by atoms with E-state index in [1.54, 1.807) is 7.05 Å². The number of hydrogen-bond acceptors (Lipinski definition) is 4. The first-order chi connectivity index (χ1) is 13.4. The van der Waals surface area contributed by atoms with Crippen LogP contribution in [0, 0.1) is 0 Å². The van der Waals surface area contributed by atoms with Crippen LogP contribution in [0.15, 0.2) is 29.2 Å². The Hall–Kier alpha value is -3.06. The van der Waals surface area contributed by atoms with Crippen molar-refractivity contribution in [3.05, 3.63) is 51.4 Å². The number of aromatic nitrogens is 2. The second-order valence-electron chi connectivity index (χ2n) is 7.30. The Kier molecular flexibility index (Phi) is 4.47. The van der Waals surface area contributed by atoms with E-state index in [0.29, 0.717) is 17.7 Å². The normalized spacial score (nSPS) is 13.6. The van der Waals surface area contributed by atoms with Gasteiger partial charge in [0.25, 0.3) is 5.56 Å². The second kappa shape index (κ2) is 6.83. The molecule has 0 atom stereocenters. The molecular weight excluding hydrogens is 358 g/mol. The summed E-state index contributed by atoms with van der Waals surface area (Å²) in [6.07, 6.45) is 5.12. The quantitative estimate of drug-likeness (QED) is 0.648. The summed E-state index contributed by atoms with van der Waals surface area (Å²) in [7, 11) is 3.70. The van der Waals surface area contributed by atoms with Crippen molar-refractivity contribution in [2.75, 3.05) is 7.05 Å². The van der Waals surface area contributed by atoms with Crippen molar-refractivity contribution in [1.29, 1.82) is 0 Å². The molecule has 4 rings (SSSR count). The van der Waals surface area contributed by atoms with Crippen molar-refractivity contribution in [2.24, 2.45) is 7.05 Å². The van der Waals surface area contributed by atoms with Crippen LogP contribution in [0.5, 0.6) is 5.75 Å². The number of fused-ring (bicyclic) bond motifs is 4.